The molecule has 2 aliphatic rings. The van der Waals surface area contributed by atoms with Crippen molar-refractivity contribution in [1.29, 1.82) is 0 Å². The summed E-state index contributed by atoms with van der Waals surface area (Å²) in [6, 6.07) is 0. The molecule has 0 aromatic heterocycles. The molecule has 0 saturated carbocycles. The zero-order valence-electron chi connectivity index (χ0n) is 10.5. The summed E-state index contributed by atoms with van der Waals surface area (Å²) in [5.41, 5.74) is 0. The number of ether oxygens (including phenoxy) is 5. The summed E-state index contributed by atoms with van der Waals surface area (Å²) in [5.74, 6) is -0.508. The van der Waals surface area contributed by atoms with E-state index < -0.39 is 12.1 Å². The van der Waals surface area contributed by atoms with Crippen LogP contribution in [0.25, 0.3) is 0 Å². The first-order valence-corrected chi connectivity index (χ1v) is 5.97. The van der Waals surface area contributed by atoms with Crippen LogP contribution < -0.4 is 0 Å². The quantitative estimate of drug-likeness (QED) is 0.544. The Kier molecular flexibility index (Phi) is 4.34. The summed E-state index contributed by atoms with van der Waals surface area (Å²) < 4.78 is 27.0. The van der Waals surface area contributed by atoms with Crippen LogP contribution in [0.3, 0.4) is 0 Å². The molecule has 0 bridgehead atoms. The minimum absolute atomic E-state index is 0.306. The van der Waals surface area contributed by atoms with Crippen LogP contribution in [0.1, 0.15) is 13.8 Å². The van der Waals surface area contributed by atoms with E-state index in [4.69, 9.17) is 23.7 Å². The van der Waals surface area contributed by atoms with Crippen molar-refractivity contribution in [1.82, 2.24) is 0 Å². The highest BCUT2D eigenvalue weighted by Gasteiger charge is 2.42. The zero-order chi connectivity index (χ0) is 13.1. The Balaban J connectivity index is 2.02. The summed E-state index contributed by atoms with van der Waals surface area (Å²) in [4.78, 5) is 11.4. The second-order valence-electron chi connectivity index (χ2n) is 4.26. The molecule has 2 heterocycles. The molecule has 0 spiro atoms. The third kappa shape index (κ3) is 3.08. The van der Waals surface area contributed by atoms with Crippen LogP contribution in [0.15, 0.2) is 12.7 Å². The second kappa shape index (κ2) is 5.79. The molecule has 18 heavy (non-hydrogen) atoms. The van der Waals surface area contributed by atoms with Crippen molar-refractivity contribution >= 4 is 5.97 Å². The Morgan fingerprint density at radius 2 is 1.72 bits per heavy atom. The van der Waals surface area contributed by atoms with Gasteiger partial charge in [-0.1, -0.05) is 6.58 Å². The van der Waals surface area contributed by atoms with Gasteiger partial charge in [-0.3, -0.25) is 0 Å². The van der Waals surface area contributed by atoms with Crippen LogP contribution in [-0.4, -0.2) is 50.1 Å². The second-order valence-corrected chi connectivity index (χ2v) is 4.26. The predicted octanol–water partition coefficient (Wildman–Crippen LogP) is 0.607. The Labute approximate surface area is 106 Å². The lowest BCUT2D eigenvalue weighted by Crippen LogP contribution is -2.43. The van der Waals surface area contributed by atoms with Crippen LogP contribution in [0.2, 0.25) is 0 Å². The molecular weight excluding hydrogens is 240 g/mol. The van der Waals surface area contributed by atoms with Crippen molar-refractivity contribution in [2.24, 2.45) is 0 Å². The van der Waals surface area contributed by atoms with E-state index in [1.807, 2.05) is 0 Å². The lowest BCUT2D eigenvalue weighted by molar-refractivity contribution is -0.165. The predicted molar refractivity (Wildman–Crippen MR) is 60.7 cm³/mol. The van der Waals surface area contributed by atoms with Gasteiger partial charge in [0.05, 0.1) is 13.2 Å². The summed E-state index contributed by atoms with van der Waals surface area (Å²) in [6.07, 6.45) is -0.735. The van der Waals surface area contributed by atoms with Gasteiger partial charge < -0.3 is 23.7 Å². The highest BCUT2D eigenvalue weighted by atomic mass is 16.8. The molecule has 2 aliphatic heterocycles. The highest BCUT2D eigenvalue weighted by Crippen LogP contribution is 2.24. The molecule has 0 aromatic rings. The number of hydrogen-bond donors (Lipinski definition) is 0. The third-order valence-corrected chi connectivity index (χ3v) is 2.88. The molecule has 0 amide bonds. The molecule has 2 saturated heterocycles. The number of hydrogen-bond acceptors (Lipinski definition) is 6. The van der Waals surface area contributed by atoms with E-state index >= 15 is 0 Å². The van der Waals surface area contributed by atoms with Gasteiger partial charge in [0.15, 0.2) is 18.7 Å². The smallest absolute Gasteiger partial charge is 0.330 e. The summed E-state index contributed by atoms with van der Waals surface area (Å²) in [7, 11) is 0. The van der Waals surface area contributed by atoms with Crippen molar-refractivity contribution in [2.45, 2.75) is 44.7 Å². The molecule has 6 heteroatoms. The topological polar surface area (TPSA) is 63.2 Å². The number of carbonyl (C=O) groups excluding carboxylic acids is 1. The Bertz CT molecular complexity index is 298. The van der Waals surface area contributed by atoms with Crippen molar-refractivity contribution in [3.8, 4) is 0 Å². The molecule has 2 fully saturated rings. The van der Waals surface area contributed by atoms with Gasteiger partial charge in [0.25, 0.3) is 0 Å². The monoisotopic (exact) mass is 258 g/mol. The van der Waals surface area contributed by atoms with Crippen molar-refractivity contribution < 1.29 is 28.5 Å². The maximum absolute atomic E-state index is 11.4. The normalized spacial score (nSPS) is 37.4. The first-order valence-electron chi connectivity index (χ1n) is 5.97. The zero-order valence-corrected chi connectivity index (χ0v) is 10.5. The first kappa shape index (κ1) is 13.5. The number of carbonyl (C=O) groups is 1. The van der Waals surface area contributed by atoms with Gasteiger partial charge in [-0.2, -0.15) is 0 Å². The average molecular weight is 258 g/mol. The summed E-state index contributed by atoms with van der Waals surface area (Å²) in [6.45, 7) is 7.69. The average Bonchev–Trinajstić information content (AvgIpc) is 2.95. The Morgan fingerprint density at radius 1 is 1.22 bits per heavy atom. The van der Waals surface area contributed by atoms with Crippen LogP contribution in [0, 0.1) is 0 Å². The van der Waals surface area contributed by atoms with Gasteiger partial charge in [-0.15, -0.1) is 0 Å². The van der Waals surface area contributed by atoms with E-state index in [-0.39, 0.29) is 24.8 Å². The summed E-state index contributed by atoms with van der Waals surface area (Å²) in [5, 5.41) is 0. The van der Waals surface area contributed by atoms with E-state index in [9.17, 15) is 4.79 Å². The molecule has 102 valence electrons. The van der Waals surface area contributed by atoms with Crippen LogP contribution in [0.5, 0.6) is 0 Å². The van der Waals surface area contributed by atoms with Gasteiger partial charge >= 0.3 is 5.97 Å². The van der Waals surface area contributed by atoms with Gasteiger partial charge in [0.2, 0.25) is 0 Å². The standard InChI is InChI=1S/C12H18O6/c1-4-11(13)18-12(9-5-14-7(2)16-9)10-6-15-8(3)17-10/h4,7-10,12H,1,5-6H2,2-3H3. The summed E-state index contributed by atoms with van der Waals surface area (Å²) >= 11 is 0. The van der Waals surface area contributed by atoms with Crippen molar-refractivity contribution in [3.63, 3.8) is 0 Å². The van der Waals surface area contributed by atoms with Crippen LogP contribution >= 0.6 is 0 Å². The van der Waals surface area contributed by atoms with Gasteiger partial charge in [0, 0.05) is 6.08 Å². The lowest BCUT2D eigenvalue weighted by Gasteiger charge is -2.25. The van der Waals surface area contributed by atoms with E-state index in [2.05, 4.69) is 6.58 Å². The molecule has 0 radical (unpaired) electrons. The number of rotatable bonds is 4. The first-order chi connectivity index (χ1) is 8.60. The van der Waals surface area contributed by atoms with Crippen LogP contribution in [-0.2, 0) is 28.5 Å². The Hall–Kier alpha value is -0.950. The maximum atomic E-state index is 11.4. The number of esters is 1. The maximum Gasteiger partial charge on any atom is 0.330 e. The fourth-order valence-electron chi connectivity index (χ4n) is 2.03. The van der Waals surface area contributed by atoms with E-state index in [0.717, 1.165) is 6.08 Å². The molecule has 0 N–H and O–H groups in total. The molecule has 6 nitrogen and oxygen atoms in total. The van der Waals surface area contributed by atoms with Gasteiger partial charge in [-0.05, 0) is 13.8 Å². The SMILES string of the molecule is C=CC(=O)OC(C1COC(C)O1)C1COC(C)O1. The van der Waals surface area contributed by atoms with Crippen molar-refractivity contribution in [3.05, 3.63) is 12.7 Å². The van der Waals surface area contributed by atoms with E-state index in [1.54, 1.807) is 13.8 Å². The molecule has 0 aromatic carbocycles. The Morgan fingerprint density at radius 3 is 2.06 bits per heavy atom. The minimum Gasteiger partial charge on any atom is -0.453 e. The van der Waals surface area contributed by atoms with Crippen LogP contribution in [0.4, 0.5) is 0 Å². The van der Waals surface area contributed by atoms with Crippen molar-refractivity contribution in [2.75, 3.05) is 13.2 Å². The largest absolute Gasteiger partial charge is 0.453 e. The van der Waals surface area contributed by atoms with E-state index in [1.165, 1.54) is 0 Å². The van der Waals surface area contributed by atoms with Gasteiger partial charge in [0.1, 0.15) is 12.2 Å². The molecule has 4 atom stereocenters. The van der Waals surface area contributed by atoms with Gasteiger partial charge in [-0.25, -0.2) is 4.79 Å². The molecule has 0 aliphatic carbocycles. The molecule has 4 unspecified atom stereocenters. The fourth-order valence-corrected chi connectivity index (χ4v) is 2.03. The molecular formula is C12H18O6. The van der Waals surface area contributed by atoms with E-state index in [0.29, 0.717) is 13.2 Å². The third-order valence-electron chi connectivity index (χ3n) is 2.88. The highest BCUT2D eigenvalue weighted by molar-refractivity contribution is 5.81. The minimum atomic E-state index is -0.551. The fraction of sp³-hybridized carbons (Fsp3) is 0.750. The lowest BCUT2D eigenvalue weighted by atomic mass is 10.1. The molecule has 2 rings (SSSR count).